The molecule has 1 spiro atoms. The van der Waals surface area contributed by atoms with Crippen LogP contribution in [-0.2, 0) is 9.47 Å². The summed E-state index contributed by atoms with van der Waals surface area (Å²) < 4.78 is 11.5. The first kappa shape index (κ1) is 16.8. The SMILES string of the molecule is Clc1cc(Cl)cc(Nc2nccc(N3CCC4(CC3)OCCO4)n2)c1. The zero-order chi connectivity index (χ0) is 17.3. The molecular formula is C17H18Cl2N4O2. The maximum atomic E-state index is 6.03. The van der Waals surface area contributed by atoms with E-state index in [1.165, 1.54) is 0 Å². The molecule has 1 aromatic heterocycles. The first-order valence-electron chi connectivity index (χ1n) is 8.21. The molecule has 0 atom stereocenters. The number of ether oxygens (including phenoxy) is 2. The van der Waals surface area contributed by atoms with E-state index < -0.39 is 0 Å². The van der Waals surface area contributed by atoms with Gasteiger partial charge in [-0.1, -0.05) is 23.2 Å². The minimum absolute atomic E-state index is 0.387. The molecule has 0 unspecified atom stereocenters. The van der Waals surface area contributed by atoms with E-state index in [1.807, 2.05) is 6.07 Å². The van der Waals surface area contributed by atoms with Gasteiger partial charge in [0.15, 0.2) is 5.79 Å². The topological polar surface area (TPSA) is 59.5 Å². The zero-order valence-electron chi connectivity index (χ0n) is 13.5. The van der Waals surface area contributed by atoms with Crippen molar-refractivity contribution >= 4 is 40.7 Å². The summed E-state index contributed by atoms with van der Waals surface area (Å²) in [6.45, 7) is 3.03. The predicted molar refractivity (Wildman–Crippen MR) is 97.9 cm³/mol. The molecule has 132 valence electrons. The van der Waals surface area contributed by atoms with E-state index in [0.29, 0.717) is 29.2 Å². The maximum absolute atomic E-state index is 6.03. The van der Waals surface area contributed by atoms with Gasteiger partial charge in [0.1, 0.15) is 5.82 Å². The molecule has 2 aliphatic heterocycles. The number of rotatable bonds is 3. The second-order valence-electron chi connectivity index (χ2n) is 6.12. The van der Waals surface area contributed by atoms with Crippen molar-refractivity contribution in [2.75, 3.05) is 36.5 Å². The average Bonchev–Trinajstić information content (AvgIpc) is 3.03. The fourth-order valence-corrected chi connectivity index (χ4v) is 3.73. The second kappa shape index (κ2) is 6.96. The lowest BCUT2D eigenvalue weighted by atomic mass is 10.0. The molecular weight excluding hydrogens is 363 g/mol. The lowest BCUT2D eigenvalue weighted by Gasteiger charge is -2.38. The Morgan fingerprint density at radius 1 is 1.04 bits per heavy atom. The quantitative estimate of drug-likeness (QED) is 0.871. The van der Waals surface area contributed by atoms with Crippen LogP contribution in [0.25, 0.3) is 0 Å². The standard InChI is InChI=1S/C17H18Cl2N4O2/c18-12-9-13(19)11-14(10-12)21-16-20-4-1-15(22-16)23-5-2-17(3-6-23)24-7-8-25-17/h1,4,9-11H,2-3,5-8H2,(H,20,21,22). The third-order valence-electron chi connectivity index (χ3n) is 4.42. The Labute approximate surface area is 156 Å². The smallest absolute Gasteiger partial charge is 0.229 e. The minimum atomic E-state index is -0.387. The van der Waals surface area contributed by atoms with Crippen LogP contribution < -0.4 is 10.2 Å². The van der Waals surface area contributed by atoms with Gasteiger partial charge in [-0.05, 0) is 24.3 Å². The van der Waals surface area contributed by atoms with Gasteiger partial charge in [0.05, 0.1) is 13.2 Å². The number of benzene rings is 1. The number of nitrogens with zero attached hydrogens (tertiary/aromatic N) is 3. The molecule has 1 aromatic carbocycles. The van der Waals surface area contributed by atoms with Crippen LogP contribution in [0.5, 0.6) is 0 Å². The number of piperidine rings is 1. The van der Waals surface area contributed by atoms with Gasteiger partial charge in [-0.3, -0.25) is 0 Å². The highest BCUT2D eigenvalue weighted by Gasteiger charge is 2.40. The number of hydrogen-bond acceptors (Lipinski definition) is 6. The maximum Gasteiger partial charge on any atom is 0.229 e. The molecule has 3 heterocycles. The van der Waals surface area contributed by atoms with Crippen LogP contribution in [0, 0.1) is 0 Å². The van der Waals surface area contributed by atoms with Crippen molar-refractivity contribution in [3.8, 4) is 0 Å². The van der Waals surface area contributed by atoms with Crippen LogP contribution in [0.2, 0.25) is 10.0 Å². The molecule has 0 aliphatic carbocycles. The largest absolute Gasteiger partial charge is 0.356 e. The van der Waals surface area contributed by atoms with Crippen LogP contribution in [0.3, 0.4) is 0 Å². The van der Waals surface area contributed by atoms with Crippen molar-refractivity contribution in [1.82, 2.24) is 9.97 Å². The summed E-state index contributed by atoms with van der Waals surface area (Å²) in [7, 11) is 0. The normalized spacial score (nSPS) is 19.4. The van der Waals surface area contributed by atoms with Crippen LogP contribution in [-0.4, -0.2) is 42.1 Å². The molecule has 2 aromatic rings. The van der Waals surface area contributed by atoms with Gasteiger partial charge in [0.25, 0.3) is 0 Å². The molecule has 2 saturated heterocycles. The summed E-state index contributed by atoms with van der Waals surface area (Å²) in [5.74, 6) is 0.991. The molecule has 2 aliphatic rings. The Kier molecular flexibility index (Phi) is 4.69. The van der Waals surface area contributed by atoms with Gasteiger partial charge in [-0.15, -0.1) is 0 Å². The fraction of sp³-hybridized carbons (Fsp3) is 0.412. The monoisotopic (exact) mass is 380 g/mol. The molecule has 0 bridgehead atoms. The first-order chi connectivity index (χ1) is 12.1. The third-order valence-corrected chi connectivity index (χ3v) is 4.86. The highest BCUT2D eigenvalue weighted by Crippen LogP contribution is 2.33. The Morgan fingerprint density at radius 3 is 2.40 bits per heavy atom. The van der Waals surface area contributed by atoms with E-state index in [9.17, 15) is 0 Å². The Bertz CT molecular complexity index is 738. The molecule has 8 heteroatoms. The van der Waals surface area contributed by atoms with Crippen LogP contribution in [0.1, 0.15) is 12.8 Å². The second-order valence-corrected chi connectivity index (χ2v) is 6.99. The third kappa shape index (κ3) is 3.82. The lowest BCUT2D eigenvalue weighted by molar-refractivity contribution is -0.169. The summed E-state index contributed by atoms with van der Waals surface area (Å²) in [4.78, 5) is 11.1. The first-order valence-corrected chi connectivity index (χ1v) is 8.97. The lowest BCUT2D eigenvalue weighted by Crippen LogP contribution is -2.45. The van der Waals surface area contributed by atoms with Crippen molar-refractivity contribution < 1.29 is 9.47 Å². The van der Waals surface area contributed by atoms with Gasteiger partial charge in [-0.25, -0.2) is 4.98 Å². The number of aromatic nitrogens is 2. The average molecular weight is 381 g/mol. The van der Waals surface area contributed by atoms with Crippen LogP contribution >= 0.6 is 23.2 Å². The predicted octanol–water partition coefficient (Wildman–Crippen LogP) is 3.87. The van der Waals surface area contributed by atoms with Gasteiger partial charge in [0.2, 0.25) is 5.95 Å². The van der Waals surface area contributed by atoms with E-state index in [4.69, 9.17) is 32.7 Å². The summed E-state index contributed by atoms with van der Waals surface area (Å²) in [5, 5.41) is 4.27. The molecule has 4 rings (SSSR count). The van der Waals surface area contributed by atoms with Gasteiger partial charge in [0, 0.05) is 47.9 Å². The molecule has 2 fully saturated rings. The van der Waals surface area contributed by atoms with Crippen LogP contribution in [0.4, 0.5) is 17.5 Å². The molecule has 25 heavy (non-hydrogen) atoms. The highest BCUT2D eigenvalue weighted by atomic mass is 35.5. The van der Waals surface area contributed by atoms with E-state index >= 15 is 0 Å². The summed E-state index contributed by atoms with van der Waals surface area (Å²) >= 11 is 12.1. The Balaban J connectivity index is 1.46. The van der Waals surface area contributed by atoms with Gasteiger partial charge in [-0.2, -0.15) is 4.98 Å². The highest BCUT2D eigenvalue weighted by molar-refractivity contribution is 6.35. The van der Waals surface area contributed by atoms with E-state index in [-0.39, 0.29) is 5.79 Å². The number of halogens is 2. The van der Waals surface area contributed by atoms with E-state index in [1.54, 1.807) is 24.4 Å². The van der Waals surface area contributed by atoms with Crippen LogP contribution in [0.15, 0.2) is 30.5 Å². The van der Waals surface area contributed by atoms with E-state index in [0.717, 1.165) is 37.4 Å². The molecule has 6 nitrogen and oxygen atoms in total. The van der Waals surface area contributed by atoms with Crippen molar-refractivity contribution in [2.24, 2.45) is 0 Å². The summed E-state index contributed by atoms with van der Waals surface area (Å²) in [6.07, 6.45) is 3.41. The summed E-state index contributed by atoms with van der Waals surface area (Å²) in [5.41, 5.74) is 0.750. The Hall–Kier alpha value is -1.60. The minimum Gasteiger partial charge on any atom is -0.356 e. The van der Waals surface area contributed by atoms with Crippen molar-refractivity contribution in [2.45, 2.75) is 18.6 Å². The number of nitrogens with one attached hydrogen (secondary N) is 1. The van der Waals surface area contributed by atoms with Crippen molar-refractivity contribution in [3.05, 3.63) is 40.5 Å². The van der Waals surface area contributed by atoms with E-state index in [2.05, 4.69) is 20.2 Å². The van der Waals surface area contributed by atoms with Gasteiger partial charge >= 0.3 is 0 Å². The molecule has 0 radical (unpaired) electrons. The fourth-order valence-electron chi connectivity index (χ4n) is 3.20. The Morgan fingerprint density at radius 2 is 1.72 bits per heavy atom. The molecule has 0 saturated carbocycles. The number of anilines is 3. The zero-order valence-corrected chi connectivity index (χ0v) is 15.1. The summed E-state index contributed by atoms with van der Waals surface area (Å²) in [6, 6.07) is 7.15. The number of hydrogen-bond donors (Lipinski definition) is 1. The molecule has 0 amide bonds. The molecule has 1 N–H and O–H groups in total. The van der Waals surface area contributed by atoms with Gasteiger partial charge < -0.3 is 19.7 Å². The van der Waals surface area contributed by atoms with Crippen molar-refractivity contribution in [1.29, 1.82) is 0 Å². The van der Waals surface area contributed by atoms with Crippen molar-refractivity contribution in [3.63, 3.8) is 0 Å².